The van der Waals surface area contributed by atoms with E-state index in [1.54, 1.807) is 7.11 Å². The lowest BCUT2D eigenvalue weighted by atomic mass is 9.94. The maximum atomic E-state index is 12.2. The number of rotatable bonds is 9. The van der Waals surface area contributed by atoms with E-state index in [1.165, 1.54) is 0 Å². The summed E-state index contributed by atoms with van der Waals surface area (Å²) in [6.07, 6.45) is 0.884. The predicted octanol–water partition coefficient (Wildman–Crippen LogP) is 5.52. The summed E-state index contributed by atoms with van der Waals surface area (Å²) in [5.74, 6) is 0.379. The maximum Gasteiger partial charge on any atom is 0.407 e. The number of alkyl carbamates (subject to hydrolysis) is 1. The lowest BCUT2D eigenvalue weighted by Gasteiger charge is -2.20. The topological polar surface area (TPSA) is 73.9 Å². The van der Waals surface area contributed by atoms with Crippen molar-refractivity contribution in [3.05, 3.63) is 53.6 Å². The van der Waals surface area contributed by atoms with Gasteiger partial charge in [-0.3, -0.25) is 4.79 Å². The molecule has 0 bridgehead atoms. The van der Waals surface area contributed by atoms with Gasteiger partial charge in [0.25, 0.3) is 0 Å². The molecule has 0 aliphatic rings. The maximum absolute atomic E-state index is 12.2. The van der Waals surface area contributed by atoms with Crippen molar-refractivity contribution in [3.8, 4) is 16.9 Å². The Morgan fingerprint density at radius 3 is 2.38 bits per heavy atom. The fourth-order valence-corrected chi connectivity index (χ4v) is 3.39. The monoisotopic (exact) mass is 441 g/mol. The van der Waals surface area contributed by atoms with Crippen molar-refractivity contribution < 1.29 is 23.8 Å². The van der Waals surface area contributed by atoms with Gasteiger partial charge in [0.15, 0.2) is 0 Å². The second-order valence-electron chi connectivity index (χ2n) is 8.64. The van der Waals surface area contributed by atoms with Crippen LogP contribution in [0, 0.1) is 5.92 Å². The van der Waals surface area contributed by atoms with Crippen LogP contribution in [0.1, 0.15) is 52.2 Å². The first kappa shape index (κ1) is 25.2. The van der Waals surface area contributed by atoms with E-state index >= 15 is 0 Å². The Morgan fingerprint density at radius 1 is 1.03 bits per heavy atom. The fourth-order valence-electron chi connectivity index (χ4n) is 3.39. The molecule has 0 saturated carbocycles. The summed E-state index contributed by atoms with van der Waals surface area (Å²) in [5.41, 5.74) is 3.39. The third kappa shape index (κ3) is 7.59. The van der Waals surface area contributed by atoms with Gasteiger partial charge in [0.05, 0.1) is 19.6 Å². The summed E-state index contributed by atoms with van der Waals surface area (Å²) < 4.78 is 16.0. The molecule has 0 spiro atoms. The molecule has 1 unspecified atom stereocenters. The van der Waals surface area contributed by atoms with Gasteiger partial charge in [-0.2, -0.15) is 0 Å². The number of amides is 1. The van der Waals surface area contributed by atoms with Gasteiger partial charge in [0.1, 0.15) is 11.4 Å². The van der Waals surface area contributed by atoms with Crippen LogP contribution in [-0.2, 0) is 27.2 Å². The molecule has 0 radical (unpaired) electrons. The van der Waals surface area contributed by atoms with E-state index in [4.69, 9.17) is 14.2 Å². The van der Waals surface area contributed by atoms with Crippen molar-refractivity contribution in [2.45, 2.75) is 59.6 Å². The highest BCUT2D eigenvalue weighted by atomic mass is 16.6. The summed E-state index contributed by atoms with van der Waals surface area (Å²) in [6, 6.07) is 14.0. The summed E-state index contributed by atoms with van der Waals surface area (Å²) in [6.45, 7) is 9.97. The number of carbonyl (C=O) groups excluding carboxylic acids is 2. The van der Waals surface area contributed by atoms with Gasteiger partial charge >= 0.3 is 12.1 Å². The first-order valence-electron chi connectivity index (χ1n) is 11.1. The SMILES string of the molecule is CCOC(=O)C(CC)Cc1cccc(-c2ccc(OC)c(CNC(=O)OC(C)(C)C)c2)c1. The lowest BCUT2D eigenvalue weighted by molar-refractivity contribution is -0.148. The molecule has 0 saturated heterocycles. The van der Waals surface area contributed by atoms with Crippen LogP contribution in [-0.4, -0.2) is 31.4 Å². The van der Waals surface area contributed by atoms with E-state index in [0.717, 1.165) is 28.7 Å². The largest absolute Gasteiger partial charge is 0.496 e. The molecule has 1 atom stereocenters. The lowest BCUT2D eigenvalue weighted by Crippen LogP contribution is -2.32. The number of nitrogens with one attached hydrogen (secondary N) is 1. The molecule has 2 aromatic carbocycles. The highest BCUT2D eigenvalue weighted by molar-refractivity contribution is 5.73. The molecule has 0 aliphatic carbocycles. The van der Waals surface area contributed by atoms with Crippen molar-refractivity contribution in [3.63, 3.8) is 0 Å². The van der Waals surface area contributed by atoms with Gasteiger partial charge in [-0.05, 0) is 69.4 Å². The van der Waals surface area contributed by atoms with Crippen molar-refractivity contribution >= 4 is 12.1 Å². The third-order valence-corrected chi connectivity index (χ3v) is 4.96. The molecule has 0 aliphatic heterocycles. The molecule has 2 aromatic rings. The quantitative estimate of drug-likeness (QED) is 0.519. The van der Waals surface area contributed by atoms with Crippen molar-refractivity contribution in [1.29, 1.82) is 0 Å². The predicted molar refractivity (Wildman–Crippen MR) is 126 cm³/mol. The number of methoxy groups -OCH3 is 1. The van der Waals surface area contributed by atoms with E-state index in [1.807, 2.05) is 71.0 Å². The molecular formula is C26H35NO5. The highest BCUT2D eigenvalue weighted by Gasteiger charge is 2.19. The first-order chi connectivity index (χ1) is 15.2. The van der Waals surface area contributed by atoms with Crippen LogP contribution < -0.4 is 10.1 Å². The van der Waals surface area contributed by atoms with Gasteiger partial charge in [0, 0.05) is 12.1 Å². The minimum Gasteiger partial charge on any atom is -0.496 e. The molecule has 0 fully saturated rings. The molecule has 0 aromatic heterocycles. The highest BCUT2D eigenvalue weighted by Crippen LogP contribution is 2.28. The van der Waals surface area contributed by atoms with Crippen molar-refractivity contribution in [2.24, 2.45) is 5.92 Å². The van der Waals surface area contributed by atoms with Crippen LogP contribution in [0.4, 0.5) is 4.79 Å². The molecule has 1 amide bonds. The van der Waals surface area contributed by atoms with Crippen LogP contribution in [0.3, 0.4) is 0 Å². The average Bonchev–Trinajstić information content (AvgIpc) is 2.75. The molecular weight excluding hydrogens is 406 g/mol. The van der Waals surface area contributed by atoms with Crippen LogP contribution in [0.25, 0.3) is 11.1 Å². The van der Waals surface area contributed by atoms with E-state index in [-0.39, 0.29) is 18.4 Å². The van der Waals surface area contributed by atoms with Crippen molar-refractivity contribution in [2.75, 3.05) is 13.7 Å². The Morgan fingerprint density at radius 2 is 1.75 bits per heavy atom. The summed E-state index contributed by atoms with van der Waals surface area (Å²) in [5, 5.41) is 2.79. The standard InChI is InChI=1S/C26H35NO5/c1-7-19(24(28)31-8-2)14-18-10-9-11-20(15-18)21-12-13-23(30-6)22(16-21)17-27-25(29)32-26(3,4)5/h9-13,15-16,19H,7-8,14,17H2,1-6H3,(H,27,29). The van der Waals surface area contributed by atoms with E-state index in [0.29, 0.717) is 18.8 Å². The number of ether oxygens (including phenoxy) is 3. The summed E-state index contributed by atoms with van der Waals surface area (Å²) in [4.78, 5) is 24.2. The van der Waals surface area contributed by atoms with Gasteiger partial charge in [0.2, 0.25) is 0 Å². The molecule has 0 heterocycles. The van der Waals surface area contributed by atoms with E-state index in [2.05, 4.69) is 11.4 Å². The number of benzene rings is 2. The van der Waals surface area contributed by atoms with Crippen LogP contribution in [0.15, 0.2) is 42.5 Å². The van der Waals surface area contributed by atoms with Crippen molar-refractivity contribution in [1.82, 2.24) is 5.32 Å². The normalized spacial score (nSPS) is 12.1. The zero-order valence-corrected chi connectivity index (χ0v) is 20.0. The van der Waals surface area contributed by atoms with Gasteiger partial charge in [-0.1, -0.05) is 37.3 Å². The van der Waals surface area contributed by atoms with Crippen LogP contribution in [0.2, 0.25) is 0 Å². The Kier molecular flexibility index (Phi) is 9.12. The smallest absolute Gasteiger partial charge is 0.407 e. The third-order valence-electron chi connectivity index (χ3n) is 4.96. The molecule has 2 rings (SSSR count). The summed E-state index contributed by atoms with van der Waals surface area (Å²) in [7, 11) is 1.60. The molecule has 6 heteroatoms. The Balaban J connectivity index is 2.21. The first-order valence-corrected chi connectivity index (χ1v) is 11.1. The minimum absolute atomic E-state index is 0.152. The van der Waals surface area contributed by atoms with Gasteiger partial charge in [-0.15, -0.1) is 0 Å². The Bertz CT molecular complexity index is 917. The number of hydrogen-bond donors (Lipinski definition) is 1. The second-order valence-corrected chi connectivity index (χ2v) is 8.64. The molecule has 174 valence electrons. The number of hydrogen-bond acceptors (Lipinski definition) is 5. The van der Waals surface area contributed by atoms with E-state index in [9.17, 15) is 9.59 Å². The molecule has 6 nitrogen and oxygen atoms in total. The molecule has 32 heavy (non-hydrogen) atoms. The van der Waals surface area contributed by atoms with Gasteiger partial charge < -0.3 is 19.5 Å². The average molecular weight is 442 g/mol. The zero-order valence-electron chi connectivity index (χ0n) is 20.0. The number of esters is 1. The van der Waals surface area contributed by atoms with E-state index < -0.39 is 11.7 Å². The Labute approximate surface area is 191 Å². The Hall–Kier alpha value is -3.02. The fraction of sp³-hybridized carbons (Fsp3) is 0.462. The van der Waals surface area contributed by atoms with Gasteiger partial charge in [-0.25, -0.2) is 4.79 Å². The zero-order chi connectivity index (χ0) is 23.7. The van der Waals surface area contributed by atoms with Crippen LogP contribution >= 0.6 is 0 Å². The minimum atomic E-state index is -0.559. The van der Waals surface area contributed by atoms with Crippen LogP contribution in [0.5, 0.6) is 5.75 Å². The number of carbonyl (C=O) groups is 2. The summed E-state index contributed by atoms with van der Waals surface area (Å²) >= 11 is 0. The second kappa shape index (κ2) is 11.6. The molecule has 1 N–H and O–H groups in total.